The van der Waals surface area contributed by atoms with E-state index in [2.05, 4.69) is 31.4 Å². The van der Waals surface area contributed by atoms with Crippen LogP contribution in [0.4, 0.5) is 0 Å². The van der Waals surface area contributed by atoms with Crippen LogP contribution in [0.15, 0.2) is 25.9 Å². The Balaban J connectivity index is 1.89. The smallest absolute Gasteiger partial charge is 0.255 e. The van der Waals surface area contributed by atoms with Gasteiger partial charge >= 0.3 is 0 Å². The lowest BCUT2D eigenvalue weighted by atomic mass is 9.89. The van der Waals surface area contributed by atoms with Gasteiger partial charge in [-0.1, -0.05) is 30.8 Å². The number of nitrogens with zero attached hydrogens (tertiary/aromatic N) is 2. The van der Waals surface area contributed by atoms with Gasteiger partial charge in [0, 0.05) is 13.0 Å². The lowest BCUT2D eigenvalue weighted by Gasteiger charge is -2.30. The maximum Gasteiger partial charge on any atom is 0.255 e. The molecule has 6 nitrogen and oxygen atoms in total. The molecular formula is C15H18BrN3O3. The summed E-state index contributed by atoms with van der Waals surface area (Å²) in [6, 6.07) is 1.65. The lowest BCUT2D eigenvalue weighted by Crippen LogP contribution is -2.46. The van der Waals surface area contributed by atoms with Gasteiger partial charge < -0.3 is 14.3 Å². The standard InChI is InChI=1S/C15H18BrN3O3/c1-10-17-14(19-22-10)15(6-4-2-3-5-7-15)18-13(20)11-8-12(16)21-9-11/h8-9H,2-7H2,1H3,(H,18,20). The maximum absolute atomic E-state index is 12.5. The molecule has 0 spiro atoms. The summed E-state index contributed by atoms with van der Waals surface area (Å²) >= 11 is 3.21. The van der Waals surface area contributed by atoms with Gasteiger partial charge in [0.05, 0.1) is 5.56 Å². The summed E-state index contributed by atoms with van der Waals surface area (Å²) < 4.78 is 10.8. The van der Waals surface area contributed by atoms with Crippen LogP contribution in [0.2, 0.25) is 0 Å². The molecule has 1 N–H and O–H groups in total. The number of furan rings is 1. The normalized spacial score (nSPS) is 17.9. The highest BCUT2D eigenvalue weighted by molar-refractivity contribution is 9.10. The lowest BCUT2D eigenvalue weighted by molar-refractivity contribution is 0.0876. The van der Waals surface area contributed by atoms with Crippen LogP contribution < -0.4 is 5.32 Å². The minimum atomic E-state index is -0.560. The summed E-state index contributed by atoms with van der Waals surface area (Å²) in [6.45, 7) is 1.76. The summed E-state index contributed by atoms with van der Waals surface area (Å²) in [7, 11) is 0. The molecule has 1 fully saturated rings. The number of hydrogen-bond acceptors (Lipinski definition) is 5. The minimum Gasteiger partial charge on any atom is -0.457 e. The van der Waals surface area contributed by atoms with Crippen LogP contribution in [-0.2, 0) is 5.54 Å². The van der Waals surface area contributed by atoms with E-state index in [1.165, 1.54) is 6.26 Å². The molecule has 0 bridgehead atoms. The summed E-state index contributed by atoms with van der Waals surface area (Å²) in [5.41, 5.74) is -0.0783. The first-order chi connectivity index (χ1) is 10.6. The first kappa shape index (κ1) is 15.3. The van der Waals surface area contributed by atoms with Crippen molar-refractivity contribution < 1.29 is 13.7 Å². The van der Waals surface area contributed by atoms with E-state index in [4.69, 9.17) is 8.94 Å². The van der Waals surface area contributed by atoms with Gasteiger partial charge in [0.2, 0.25) is 5.89 Å². The van der Waals surface area contributed by atoms with E-state index < -0.39 is 5.54 Å². The predicted octanol–water partition coefficient (Wildman–Crippen LogP) is 3.71. The Labute approximate surface area is 136 Å². The van der Waals surface area contributed by atoms with Crippen LogP contribution in [0.5, 0.6) is 0 Å². The molecule has 3 rings (SSSR count). The van der Waals surface area contributed by atoms with Crippen molar-refractivity contribution >= 4 is 21.8 Å². The Morgan fingerprint density at radius 3 is 2.59 bits per heavy atom. The molecule has 1 aliphatic carbocycles. The van der Waals surface area contributed by atoms with Gasteiger partial charge in [-0.05, 0) is 28.8 Å². The SMILES string of the molecule is Cc1nc(C2(NC(=O)c3coc(Br)c3)CCCCCC2)no1. The van der Waals surface area contributed by atoms with E-state index in [1.54, 1.807) is 13.0 Å². The fraction of sp³-hybridized carbons (Fsp3) is 0.533. The number of aromatic nitrogens is 2. The summed E-state index contributed by atoms with van der Waals surface area (Å²) in [5.74, 6) is 0.903. The number of aryl methyl sites for hydroxylation is 1. The second kappa shape index (κ2) is 6.24. The van der Waals surface area contributed by atoms with Gasteiger partial charge in [-0.3, -0.25) is 4.79 Å². The Morgan fingerprint density at radius 1 is 1.32 bits per heavy atom. The van der Waals surface area contributed by atoms with Crippen LogP contribution in [0.3, 0.4) is 0 Å². The molecule has 0 unspecified atom stereocenters. The third kappa shape index (κ3) is 3.09. The Hall–Kier alpha value is -1.63. The molecule has 1 amide bonds. The van der Waals surface area contributed by atoms with Crippen LogP contribution in [0.1, 0.15) is 60.6 Å². The summed E-state index contributed by atoms with van der Waals surface area (Å²) in [6.07, 6.45) is 7.45. The monoisotopic (exact) mass is 367 g/mol. The molecule has 22 heavy (non-hydrogen) atoms. The van der Waals surface area contributed by atoms with E-state index in [-0.39, 0.29) is 5.91 Å². The van der Waals surface area contributed by atoms with Crippen LogP contribution in [-0.4, -0.2) is 16.0 Å². The van der Waals surface area contributed by atoms with Crippen LogP contribution in [0, 0.1) is 6.92 Å². The van der Waals surface area contributed by atoms with E-state index in [0.717, 1.165) is 38.5 Å². The first-order valence-electron chi connectivity index (χ1n) is 7.46. The fourth-order valence-electron chi connectivity index (χ4n) is 2.95. The Morgan fingerprint density at radius 2 is 2.05 bits per heavy atom. The van der Waals surface area contributed by atoms with E-state index in [0.29, 0.717) is 21.9 Å². The van der Waals surface area contributed by atoms with Gasteiger partial charge in [0.25, 0.3) is 5.91 Å². The molecule has 7 heteroatoms. The minimum absolute atomic E-state index is 0.182. The molecule has 1 saturated carbocycles. The number of rotatable bonds is 3. The first-order valence-corrected chi connectivity index (χ1v) is 8.26. The van der Waals surface area contributed by atoms with Crippen molar-refractivity contribution in [2.45, 2.75) is 51.0 Å². The Bertz CT molecular complexity index is 657. The molecular weight excluding hydrogens is 350 g/mol. The van der Waals surface area contributed by atoms with Gasteiger partial charge in [-0.2, -0.15) is 4.98 Å². The van der Waals surface area contributed by atoms with Gasteiger partial charge in [-0.15, -0.1) is 0 Å². The van der Waals surface area contributed by atoms with Gasteiger partial charge in [0.15, 0.2) is 10.5 Å². The topological polar surface area (TPSA) is 81.2 Å². The van der Waals surface area contributed by atoms with E-state index in [9.17, 15) is 4.79 Å². The van der Waals surface area contributed by atoms with Crippen LogP contribution >= 0.6 is 15.9 Å². The molecule has 0 atom stereocenters. The molecule has 0 radical (unpaired) electrons. The molecule has 0 saturated heterocycles. The average molecular weight is 368 g/mol. The highest BCUT2D eigenvalue weighted by Crippen LogP contribution is 2.35. The number of carbonyl (C=O) groups is 1. The highest BCUT2D eigenvalue weighted by Gasteiger charge is 2.39. The second-order valence-corrected chi connectivity index (χ2v) is 6.51. The van der Waals surface area contributed by atoms with Crippen molar-refractivity contribution in [3.05, 3.63) is 34.3 Å². The largest absolute Gasteiger partial charge is 0.457 e. The average Bonchev–Trinajstić information content (AvgIpc) is 3.04. The van der Waals surface area contributed by atoms with Gasteiger partial charge in [-0.25, -0.2) is 0 Å². The van der Waals surface area contributed by atoms with E-state index >= 15 is 0 Å². The number of nitrogens with one attached hydrogen (secondary N) is 1. The summed E-state index contributed by atoms with van der Waals surface area (Å²) in [5, 5.41) is 7.20. The fourth-order valence-corrected chi connectivity index (χ4v) is 3.29. The third-order valence-electron chi connectivity index (χ3n) is 4.10. The third-order valence-corrected chi connectivity index (χ3v) is 4.51. The molecule has 2 aromatic heterocycles. The number of hydrogen-bond donors (Lipinski definition) is 1. The van der Waals surface area contributed by atoms with Crippen molar-refractivity contribution in [1.82, 2.24) is 15.5 Å². The number of halogens is 1. The second-order valence-electron chi connectivity index (χ2n) is 5.73. The zero-order valence-electron chi connectivity index (χ0n) is 12.4. The zero-order chi connectivity index (χ0) is 15.6. The highest BCUT2D eigenvalue weighted by atomic mass is 79.9. The number of carbonyl (C=O) groups excluding carboxylic acids is 1. The van der Waals surface area contributed by atoms with Crippen LogP contribution in [0.25, 0.3) is 0 Å². The van der Waals surface area contributed by atoms with E-state index in [1.807, 2.05) is 0 Å². The molecule has 0 aliphatic heterocycles. The maximum atomic E-state index is 12.5. The van der Waals surface area contributed by atoms with Crippen molar-refractivity contribution in [1.29, 1.82) is 0 Å². The zero-order valence-corrected chi connectivity index (χ0v) is 14.0. The number of amides is 1. The molecule has 0 aromatic carbocycles. The quantitative estimate of drug-likeness (QED) is 0.836. The van der Waals surface area contributed by atoms with Crippen molar-refractivity contribution in [3.63, 3.8) is 0 Å². The van der Waals surface area contributed by atoms with Crippen molar-refractivity contribution in [2.75, 3.05) is 0 Å². The van der Waals surface area contributed by atoms with Crippen molar-refractivity contribution in [3.8, 4) is 0 Å². The molecule has 1 aliphatic rings. The summed E-state index contributed by atoms with van der Waals surface area (Å²) in [4.78, 5) is 16.9. The molecule has 118 valence electrons. The van der Waals surface area contributed by atoms with Gasteiger partial charge in [0.1, 0.15) is 11.8 Å². The van der Waals surface area contributed by atoms with Crippen molar-refractivity contribution in [2.24, 2.45) is 0 Å². The molecule has 2 heterocycles. The predicted molar refractivity (Wildman–Crippen MR) is 82.3 cm³/mol. The Kier molecular flexibility index (Phi) is 4.33. The molecule has 2 aromatic rings.